The van der Waals surface area contributed by atoms with Gasteiger partial charge in [-0.25, -0.2) is 0 Å². The number of hydrogen-bond donors (Lipinski definition) is 2. The summed E-state index contributed by atoms with van der Waals surface area (Å²) in [5.74, 6) is 0.651. The van der Waals surface area contributed by atoms with Crippen LogP contribution < -0.4 is 0 Å². The second-order valence-electron chi connectivity index (χ2n) is 8.60. The normalized spacial score (nSPS) is 16.1. The molecule has 0 aliphatic carbocycles. The zero-order valence-corrected chi connectivity index (χ0v) is 20.3. The van der Waals surface area contributed by atoms with E-state index in [1.54, 1.807) is 0 Å². The first kappa shape index (κ1) is 28.1. The van der Waals surface area contributed by atoms with Gasteiger partial charge in [0.25, 0.3) is 20.2 Å². The van der Waals surface area contributed by atoms with E-state index in [1.165, 1.54) is 0 Å². The van der Waals surface area contributed by atoms with Gasteiger partial charge < -0.3 is 0 Å². The molecular formula is C16H34O8S4. The molecule has 12 heteroatoms. The number of hydrogen-bond acceptors (Lipinski definition) is 6. The molecule has 0 fully saturated rings. The van der Waals surface area contributed by atoms with Crippen LogP contribution >= 0.6 is 0 Å². The Labute approximate surface area is 174 Å². The zero-order chi connectivity index (χ0) is 22.2. The van der Waals surface area contributed by atoms with E-state index in [2.05, 4.69) is 0 Å². The minimum atomic E-state index is -4.01. The lowest BCUT2D eigenvalue weighted by atomic mass is 9.87. The monoisotopic (exact) mass is 482 g/mol. The maximum Gasteiger partial charge on any atom is 0.264 e. The molecular weight excluding hydrogens is 448 g/mol. The van der Waals surface area contributed by atoms with Crippen molar-refractivity contribution in [3.63, 3.8) is 0 Å². The fraction of sp³-hybridized carbons (Fsp3) is 1.00. The lowest BCUT2D eigenvalue weighted by Gasteiger charge is -2.24. The van der Waals surface area contributed by atoms with E-state index >= 15 is 0 Å². The first-order valence-corrected chi connectivity index (χ1v) is 15.2. The maximum absolute atomic E-state index is 12.1. The van der Waals surface area contributed by atoms with Crippen molar-refractivity contribution in [1.82, 2.24) is 0 Å². The Morgan fingerprint density at radius 1 is 0.607 bits per heavy atom. The standard InChI is InChI=1S/C16H34O8S4/c1-15(2,7-13-27(19,20)21)5-9-25(17)11-12-26(18)10-6-16(3,4)8-14-28(22,23)24/h5-14H2,1-4H3,(H,19,20,21)(H,22,23,24). The SMILES string of the molecule is CC(C)(CCS(=O)CCS(=O)CCC(C)(C)CCS(=O)(=O)O)CCS(=O)(=O)O. The van der Waals surface area contributed by atoms with Crippen LogP contribution in [0, 0.1) is 10.8 Å². The van der Waals surface area contributed by atoms with Crippen LogP contribution in [0.1, 0.15) is 53.4 Å². The van der Waals surface area contributed by atoms with Crippen molar-refractivity contribution in [1.29, 1.82) is 0 Å². The lowest BCUT2D eigenvalue weighted by Crippen LogP contribution is -2.23. The molecule has 0 saturated carbocycles. The third kappa shape index (κ3) is 17.0. The van der Waals surface area contributed by atoms with E-state index in [-0.39, 0.29) is 46.7 Å². The summed E-state index contributed by atoms with van der Waals surface area (Å²) < 4.78 is 85.2. The van der Waals surface area contributed by atoms with Crippen molar-refractivity contribution in [2.45, 2.75) is 53.4 Å². The van der Waals surface area contributed by atoms with Crippen LogP contribution in [0.25, 0.3) is 0 Å². The molecule has 2 unspecified atom stereocenters. The van der Waals surface area contributed by atoms with Gasteiger partial charge in [-0.15, -0.1) is 0 Å². The van der Waals surface area contributed by atoms with E-state index in [4.69, 9.17) is 9.11 Å². The van der Waals surface area contributed by atoms with Gasteiger partial charge in [-0.2, -0.15) is 16.8 Å². The van der Waals surface area contributed by atoms with Crippen molar-refractivity contribution in [3.8, 4) is 0 Å². The van der Waals surface area contributed by atoms with E-state index in [9.17, 15) is 25.3 Å². The summed E-state index contributed by atoms with van der Waals surface area (Å²) in [7, 11) is -10.4. The predicted molar refractivity (Wildman–Crippen MR) is 115 cm³/mol. The summed E-state index contributed by atoms with van der Waals surface area (Å²) in [6.45, 7) is 7.40. The van der Waals surface area contributed by atoms with Gasteiger partial charge in [-0.05, 0) is 36.5 Å². The number of rotatable bonds is 15. The van der Waals surface area contributed by atoms with Crippen molar-refractivity contribution < 1.29 is 34.4 Å². The van der Waals surface area contributed by atoms with Crippen LogP contribution in [-0.4, -0.2) is 68.9 Å². The molecule has 2 atom stereocenters. The molecule has 0 aromatic rings. The van der Waals surface area contributed by atoms with Gasteiger partial charge in [0.15, 0.2) is 0 Å². The fourth-order valence-corrected chi connectivity index (χ4v) is 7.31. The van der Waals surface area contributed by atoms with Crippen LogP contribution in [0.5, 0.6) is 0 Å². The van der Waals surface area contributed by atoms with E-state index in [0.29, 0.717) is 24.3 Å². The Bertz CT molecular complexity index is 675. The molecule has 28 heavy (non-hydrogen) atoms. The van der Waals surface area contributed by atoms with E-state index in [1.807, 2.05) is 27.7 Å². The Balaban J connectivity index is 4.19. The highest BCUT2D eigenvalue weighted by atomic mass is 32.2. The summed E-state index contributed by atoms with van der Waals surface area (Å²) in [4.78, 5) is 0. The van der Waals surface area contributed by atoms with Crippen molar-refractivity contribution >= 4 is 41.8 Å². The molecule has 0 amide bonds. The molecule has 2 N–H and O–H groups in total. The third-order valence-electron chi connectivity index (χ3n) is 4.63. The van der Waals surface area contributed by atoms with Gasteiger partial charge in [0.1, 0.15) is 0 Å². The minimum absolute atomic E-state index is 0.271. The zero-order valence-electron chi connectivity index (χ0n) is 17.0. The molecule has 170 valence electrons. The van der Waals surface area contributed by atoms with Gasteiger partial charge in [0, 0.05) is 44.6 Å². The smallest absolute Gasteiger partial charge is 0.264 e. The van der Waals surface area contributed by atoms with Crippen LogP contribution in [0.2, 0.25) is 0 Å². The van der Waals surface area contributed by atoms with E-state index < -0.39 is 41.8 Å². The second-order valence-corrected chi connectivity index (χ2v) is 15.1. The average Bonchev–Trinajstić information content (AvgIpc) is 2.52. The molecule has 0 heterocycles. The average molecular weight is 483 g/mol. The first-order chi connectivity index (χ1) is 12.4. The van der Waals surface area contributed by atoms with Gasteiger partial charge in [-0.3, -0.25) is 17.5 Å². The Morgan fingerprint density at radius 3 is 1.14 bits per heavy atom. The summed E-state index contributed by atoms with van der Waals surface area (Å²) in [6, 6.07) is 0. The Hall–Kier alpha value is 0.120. The van der Waals surface area contributed by atoms with Crippen LogP contribution in [-0.2, 0) is 41.8 Å². The summed E-state index contributed by atoms with van der Waals surface area (Å²) in [5, 5.41) is 0. The Morgan fingerprint density at radius 2 is 0.893 bits per heavy atom. The maximum atomic E-state index is 12.1. The fourth-order valence-electron chi connectivity index (χ4n) is 2.23. The molecule has 0 rings (SSSR count). The lowest BCUT2D eigenvalue weighted by molar-refractivity contribution is 0.336. The Kier molecular flexibility index (Phi) is 11.5. The van der Waals surface area contributed by atoms with Gasteiger partial charge >= 0.3 is 0 Å². The highest BCUT2D eigenvalue weighted by Gasteiger charge is 2.23. The molecule has 0 saturated heterocycles. The highest BCUT2D eigenvalue weighted by Crippen LogP contribution is 2.27. The highest BCUT2D eigenvalue weighted by molar-refractivity contribution is 7.88. The van der Waals surface area contributed by atoms with Gasteiger partial charge in [0.05, 0.1) is 11.5 Å². The summed E-state index contributed by atoms with van der Waals surface area (Å²) in [5.41, 5.74) is -0.747. The molecule has 0 aliphatic rings. The predicted octanol–water partition coefficient (Wildman–Crippen LogP) is 1.87. The molecule has 0 spiro atoms. The van der Waals surface area contributed by atoms with Gasteiger partial charge in [0.2, 0.25) is 0 Å². The van der Waals surface area contributed by atoms with Crippen LogP contribution in [0.3, 0.4) is 0 Å². The van der Waals surface area contributed by atoms with Crippen LogP contribution in [0.15, 0.2) is 0 Å². The first-order valence-electron chi connectivity index (χ1n) is 9.01. The topological polar surface area (TPSA) is 143 Å². The summed E-state index contributed by atoms with van der Waals surface area (Å²) >= 11 is 0. The third-order valence-corrected chi connectivity index (χ3v) is 8.96. The van der Waals surface area contributed by atoms with Crippen molar-refractivity contribution in [2.75, 3.05) is 34.5 Å². The van der Waals surface area contributed by atoms with Crippen molar-refractivity contribution in [2.24, 2.45) is 10.8 Å². The van der Waals surface area contributed by atoms with E-state index in [0.717, 1.165) is 0 Å². The van der Waals surface area contributed by atoms with Crippen LogP contribution in [0.4, 0.5) is 0 Å². The summed E-state index contributed by atoms with van der Waals surface area (Å²) in [6.07, 6.45) is 1.61. The second kappa shape index (κ2) is 11.5. The molecule has 0 aromatic heterocycles. The quantitative estimate of drug-likeness (QED) is 0.337. The minimum Gasteiger partial charge on any atom is -0.286 e. The van der Waals surface area contributed by atoms with Crippen molar-refractivity contribution in [3.05, 3.63) is 0 Å². The molecule has 0 aromatic carbocycles. The molecule has 0 aliphatic heterocycles. The molecule has 0 bridgehead atoms. The largest absolute Gasteiger partial charge is 0.286 e. The molecule has 0 radical (unpaired) electrons. The van der Waals surface area contributed by atoms with Gasteiger partial charge in [-0.1, -0.05) is 27.7 Å². The molecule has 8 nitrogen and oxygen atoms in total.